The zero-order valence-electron chi connectivity index (χ0n) is 16.4. The predicted molar refractivity (Wildman–Crippen MR) is 109 cm³/mol. The summed E-state index contributed by atoms with van der Waals surface area (Å²) >= 11 is 0. The van der Waals surface area contributed by atoms with Crippen LogP contribution in [0.2, 0.25) is 0 Å². The molecule has 0 amide bonds. The number of rotatable bonds is 6. The van der Waals surface area contributed by atoms with Gasteiger partial charge < -0.3 is 5.32 Å². The number of benzene rings is 1. The number of tetrazole rings is 1. The smallest absolute Gasteiger partial charge is 0.241 e. The SMILES string of the molecule is N#CC(=CNc1ccc(S(=O)(=O)NC23CC4CC(CC(C4)C2)C3)cc1)c1nn[nH]n1. The Kier molecular flexibility index (Phi) is 4.60. The van der Waals surface area contributed by atoms with Crippen LogP contribution >= 0.6 is 0 Å². The van der Waals surface area contributed by atoms with Gasteiger partial charge in [-0.3, -0.25) is 0 Å². The van der Waals surface area contributed by atoms with Crippen molar-refractivity contribution in [2.24, 2.45) is 17.8 Å². The molecule has 1 heterocycles. The Bertz CT molecular complexity index is 1070. The van der Waals surface area contributed by atoms with E-state index in [0.717, 1.165) is 19.3 Å². The zero-order chi connectivity index (χ0) is 20.8. The number of H-pyrrole nitrogens is 1. The zero-order valence-corrected chi connectivity index (χ0v) is 17.2. The van der Waals surface area contributed by atoms with E-state index in [-0.39, 0.29) is 21.8 Å². The van der Waals surface area contributed by atoms with Crippen molar-refractivity contribution in [1.29, 1.82) is 5.26 Å². The van der Waals surface area contributed by atoms with Crippen molar-refractivity contribution >= 4 is 21.3 Å². The van der Waals surface area contributed by atoms with Gasteiger partial charge in [0.25, 0.3) is 0 Å². The summed E-state index contributed by atoms with van der Waals surface area (Å²) in [4.78, 5) is 0.256. The van der Waals surface area contributed by atoms with E-state index in [9.17, 15) is 13.7 Å². The van der Waals surface area contributed by atoms with E-state index >= 15 is 0 Å². The average Bonchev–Trinajstić information content (AvgIpc) is 3.21. The van der Waals surface area contributed by atoms with Gasteiger partial charge in [0.1, 0.15) is 11.6 Å². The first kappa shape index (κ1) is 19.2. The fourth-order valence-electron chi connectivity index (χ4n) is 5.89. The highest BCUT2D eigenvalue weighted by Crippen LogP contribution is 2.55. The molecule has 156 valence electrons. The summed E-state index contributed by atoms with van der Waals surface area (Å²) in [5.41, 5.74) is 0.600. The Balaban J connectivity index is 1.30. The van der Waals surface area contributed by atoms with Crippen molar-refractivity contribution in [3.63, 3.8) is 0 Å². The molecule has 4 fully saturated rings. The van der Waals surface area contributed by atoms with E-state index in [0.29, 0.717) is 23.4 Å². The molecule has 9 nitrogen and oxygen atoms in total. The minimum Gasteiger partial charge on any atom is -0.360 e. The van der Waals surface area contributed by atoms with Crippen molar-refractivity contribution in [3.8, 4) is 6.07 Å². The molecule has 4 saturated carbocycles. The molecule has 0 atom stereocenters. The van der Waals surface area contributed by atoms with Gasteiger partial charge in [-0.1, -0.05) is 0 Å². The van der Waals surface area contributed by atoms with Crippen molar-refractivity contribution in [2.45, 2.75) is 49.0 Å². The third kappa shape index (κ3) is 3.59. The molecule has 4 bridgehead atoms. The summed E-state index contributed by atoms with van der Waals surface area (Å²) < 4.78 is 29.2. The van der Waals surface area contributed by atoms with Gasteiger partial charge in [0.2, 0.25) is 15.8 Å². The van der Waals surface area contributed by atoms with Crippen molar-refractivity contribution < 1.29 is 8.42 Å². The molecule has 3 N–H and O–H groups in total. The third-order valence-electron chi connectivity index (χ3n) is 6.64. The maximum atomic E-state index is 13.1. The topological polar surface area (TPSA) is 136 Å². The fraction of sp³-hybridized carbons (Fsp3) is 0.500. The molecule has 1 aromatic heterocycles. The molecule has 0 saturated heterocycles. The number of aromatic nitrogens is 4. The minimum atomic E-state index is -3.59. The second-order valence-electron chi connectivity index (χ2n) is 8.88. The molecule has 4 aliphatic carbocycles. The first-order chi connectivity index (χ1) is 14.4. The summed E-state index contributed by atoms with van der Waals surface area (Å²) in [6.07, 6.45) is 8.17. The number of sulfonamides is 1. The van der Waals surface area contributed by atoms with Crippen molar-refractivity contribution in [1.82, 2.24) is 25.3 Å². The number of nitrogens with zero attached hydrogens (tertiary/aromatic N) is 4. The normalized spacial score (nSPS) is 30.2. The number of nitrogens with one attached hydrogen (secondary N) is 3. The number of anilines is 1. The van der Waals surface area contributed by atoms with Gasteiger partial charge in [-0.2, -0.15) is 10.5 Å². The second-order valence-corrected chi connectivity index (χ2v) is 10.6. The molecule has 2 aromatic rings. The van der Waals surface area contributed by atoms with Crippen molar-refractivity contribution in [2.75, 3.05) is 5.32 Å². The van der Waals surface area contributed by atoms with Crippen LogP contribution in [0.3, 0.4) is 0 Å². The number of nitriles is 1. The van der Waals surface area contributed by atoms with Gasteiger partial charge in [0, 0.05) is 17.4 Å². The first-order valence-electron chi connectivity index (χ1n) is 10.2. The van der Waals surface area contributed by atoms with E-state index < -0.39 is 10.0 Å². The lowest BCUT2D eigenvalue weighted by Gasteiger charge is -2.56. The number of hydrogen-bond acceptors (Lipinski definition) is 7. The second kappa shape index (κ2) is 7.18. The lowest BCUT2D eigenvalue weighted by atomic mass is 9.53. The highest BCUT2D eigenvalue weighted by molar-refractivity contribution is 7.89. The number of hydrogen-bond donors (Lipinski definition) is 3. The van der Waals surface area contributed by atoms with Crippen LogP contribution in [0.4, 0.5) is 5.69 Å². The van der Waals surface area contributed by atoms with Gasteiger partial charge in [0.05, 0.1) is 4.90 Å². The molecule has 0 aliphatic heterocycles. The van der Waals surface area contributed by atoms with E-state index in [1.807, 2.05) is 6.07 Å². The lowest BCUT2D eigenvalue weighted by Crippen LogP contribution is -2.59. The third-order valence-corrected chi connectivity index (χ3v) is 8.24. The first-order valence-corrected chi connectivity index (χ1v) is 11.7. The molecule has 1 aromatic carbocycles. The molecule has 30 heavy (non-hydrogen) atoms. The Hall–Kier alpha value is -2.77. The Morgan fingerprint density at radius 2 is 1.77 bits per heavy atom. The summed E-state index contributed by atoms with van der Waals surface area (Å²) in [6.45, 7) is 0. The maximum Gasteiger partial charge on any atom is 0.241 e. The summed E-state index contributed by atoms with van der Waals surface area (Å²) in [6, 6.07) is 8.51. The quantitative estimate of drug-likeness (QED) is 0.605. The fourth-order valence-corrected chi connectivity index (χ4v) is 7.32. The molecular formula is C20H23N7O2S. The van der Waals surface area contributed by atoms with E-state index in [2.05, 4.69) is 30.7 Å². The standard InChI is InChI=1S/C20H23N7O2S/c21-11-16(19-23-26-27-24-19)12-22-17-1-3-18(4-2-17)30(28,29)25-20-8-13-5-14(9-20)7-15(6-13)10-20/h1-4,12-15,22,25H,5-10H2,(H,23,24,26,27). The molecule has 0 radical (unpaired) electrons. The van der Waals surface area contributed by atoms with Crippen LogP contribution < -0.4 is 10.0 Å². The summed E-state index contributed by atoms with van der Waals surface area (Å²) in [7, 11) is -3.59. The summed E-state index contributed by atoms with van der Waals surface area (Å²) in [5, 5.41) is 25.4. The van der Waals surface area contributed by atoms with Crippen molar-refractivity contribution in [3.05, 3.63) is 36.3 Å². The maximum absolute atomic E-state index is 13.1. The van der Waals surface area contributed by atoms with Crippen LogP contribution in [0, 0.1) is 29.1 Å². The molecule has 10 heteroatoms. The Labute approximate surface area is 175 Å². The lowest BCUT2D eigenvalue weighted by molar-refractivity contribution is -0.00810. The number of allylic oxidation sites excluding steroid dienone is 1. The van der Waals surface area contributed by atoms with Gasteiger partial charge in [-0.05, 0) is 85.8 Å². The van der Waals surface area contributed by atoms with Crippen LogP contribution in [0.15, 0.2) is 35.4 Å². The van der Waals surface area contributed by atoms with E-state index in [4.69, 9.17) is 0 Å². The van der Waals surface area contributed by atoms with E-state index in [1.165, 1.54) is 25.5 Å². The highest BCUT2D eigenvalue weighted by atomic mass is 32.2. The molecule has 4 aliphatic rings. The molecular weight excluding hydrogens is 402 g/mol. The van der Waals surface area contributed by atoms with Gasteiger partial charge >= 0.3 is 0 Å². The Morgan fingerprint density at radius 1 is 1.13 bits per heavy atom. The molecule has 6 rings (SSSR count). The van der Waals surface area contributed by atoms with Gasteiger partial charge in [-0.25, -0.2) is 13.1 Å². The Morgan fingerprint density at radius 3 is 2.30 bits per heavy atom. The van der Waals surface area contributed by atoms with Crippen LogP contribution in [0.5, 0.6) is 0 Å². The van der Waals surface area contributed by atoms with Crippen LogP contribution in [0.1, 0.15) is 44.3 Å². The largest absolute Gasteiger partial charge is 0.360 e. The van der Waals surface area contributed by atoms with E-state index in [1.54, 1.807) is 24.3 Å². The minimum absolute atomic E-state index is 0.184. The van der Waals surface area contributed by atoms with Gasteiger partial charge in [0.15, 0.2) is 0 Å². The monoisotopic (exact) mass is 425 g/mol. The molecule has 0 spiro atoms. The van der Waals surface area contributed by atoms with Crippen LogP contribution in [-0.4, -0.2) is 34.6 Å². The average molecular weight is 426 g/mol. The highest BCUT2D eigenvalue weighted by Gasteiger charge is 2.52. The van der Waals surface area contributed by atoms with Crippen LogP contribution in [0.25, 0.3) is 5.57 Å². The van der Waals surface area contributed by atoms with Gasteiger partial charge in [-0.15, -0.1) is 10.2 Å². The molecule has 0 unspecified atom stereocenters. The predicted octanol–water partition coefficient (Wildman–Crippen LogP) is 2.42. The number of aromatic amines is 1. The summed E-state index contributed by atoms with van der Waals surface area (Å²) in [5.74, 6) is 2.20. The van der Waals surface area contributed by atoms with Crippen LogP contribution in [-0.2, 0) is 10.0 Å².